The molecule has 2 atom stereocenters. The SMILES string of the molecule is Cc1cc(C#N)ccc1NC(=O)c1cc(NC(=O)C2C(c3cc(Cl)c(Cl)c(Cl)c3)C2(Cl)Cl)ccc1Cl. The molecule has 3 aromatic rings. The lowest BCUT2D eigenvalue weighted by molar-refractivity contribution is -0.117. The molecule has 3 aromatic carbocycles. The Morgan fingerprint density at radius 2 is 1.58 bits per heavy atom. The van der Waals surface area contributed by atoms with Gasteiger partial charge in [-0.05, 0) is 66.6 Å². The second-order valence-corrected chi connectivity index (χ2v) is 11.3. The van der Waals surface area contributed by atoms with Gasteiger partial charge in [-0.2, -0.15) is 5.26 Å². The van der Waals surface area contributed by atoms with Gasteiger partial charge >= 0.3 is 0 Å². The zero-order valence-electron chi connectivity index (χ0n) is 18.3. The molecule has 0 saturated heterocycles. The number of hydrogen-bond acceptors (Lipinski definition) is 3. The van der Waals surface area contributed by atoms with Crippen LogP contribution in [0.2, 0.25) is 20.1 Å². The first-order valence-corrected chi connectivity index (χ1v) is 12.7. The molecule has 2 amide bonds. The summed E-state index contributed by atoms with van der Waals surface area (Å²) in [5.41, 5.74) is 2.77. The molecule has 0 aromatic heterocycles. The highest BCUT2D eigenvalue weighted by Gasteiger charge is 2.67. The maximum absolute atomic E-state index is 13.0. The molecule has 5 nitrogen and oxygen atoms in total. The number of hydrogen-bond donors (Lipinski definition) is 2. The number of benzene rings is 3. The van der Waals surface area contributed by atoms with Crippen molar-refractivity contribution in [2.75, 3.05) is 10.6 Å². The fourth-order valence-electron chi connectivity index (χ4n) is 3.88. The van der Waals surface area contributed by atoms with Gasteiger partial charge in [0.1, 0.15) is 4.33 Å². The number of nitriles is 1. The molecule has 0 heterocycles. The molecule has 11 heteroatoms. The van der Waals surface area contributed by atoms with Crippen LogP contribution in [0, 0.1) is 24.2 Å². The van der Waals surface area contributed by atoms with Crippen molar-refractivity contribution in [3.63, 3.8) is 0 Å². The van der Waals surface area contributed by atoms with Gasteiger partial charge in [0.25, 0.3) is 5.91 Å². The van der Waals surface area contributed by atoms with E-state index in [1.165, 1.54) is 12.1 Å². The van der Waals surface area contributed by atoms with Crippen molar-refractivity contribution in [1.82, 2.24) is 0 Å². The molecule has 1 saturated carbocycles. The Morgan fingerprint density at radius 3 is 2.19 bits per heavy atom. The lowest BCUT2D eigenvalue weighted by Gasteiger charge is -2.12. The van der Waals surface area contributed by atoms with Gasteiger partial charge < -0.3 is 10.6 Å². The van der Waals surface area contributed by atoms with Gasteiger partial charge in [0.05, 0.1) is 43.2 Å². The summed E-state index contributed by atoms with van der Waals surface area (Å²) in [5.74, 6) is -2.31. The van der Waals surface area contributed by atoms with Gasteiger partial charge in [0.15, 0.2) is 0 Å². The number of alkyl halides is 2. The average molecular weight is 602 g/mol. The second-order valence-electron chi connectivity index (χ2n) is 8.21. The molecule has 1 aliphatic carbocycles. The highest BCUT2D eigenvalue weighted by atomic mass is 35.5. The smallest absolute Gasteiger partial charge is 0.257 e. The summed E-state index contributed by atoms with van der Waals surface area (Å²) in [5, 5.41) is 15.4. The molecule has 0 bridgehead atoms. The first kappa shape index (κ1) is 26.9. The van der Waals surface area contributed by atoms with Crippen molar-refractivity contribution in [3.8, 4) is 6.07 Å². The number of nitrogens with zero attached hydrogens (tertiary/aromatic N) is 1. The molecule has 0 radical (unpaired) electrons. The van der Waals surface area contributed by atoms with Crippen LogP contribution in [0.1, 0.15) is 33.0 Å². The number of carbonyl (C=O) groups excluding carboxylic acids is 2. The van der Waals surface area contributed by atoms with E-state index in [-0.39, 0.29) is 25.7 Å². The molecule has 2 unspecified atom stereocenters. The van der Waals surface area contributed by atoms with E-state index in [1.54, 1.807) is 43.3 Å². The van der Waals surface area contributed by atoms with Crippen molar-refractivity contribution in [2.45, 2.75) is 17.2 Å². The molecule has 0 aliphatic heterocycles. The number of aryl methyl sites for hydroxylation is 1. The highest BCUT2D eigenvalue weighted by Crippen LogP contribution is 2.65. The number of amides is 2. The van der Waals surface area contributed by atoms with E-state index in [4.69, 9.17) is 74.9 Å². The summed E-state index contributed by atoms with van der Waals surface area (Å²) in [6.45, 7) is 1.77. The molecule has 0 spiro atoms. The van der Waals surface area contributed by atoms with Gasteiger partial charge in [-0.3, -0.25) is 9.59 Å². The minimum Gasteiger partial charge on any atom is -0.326 e. The zero-order valence-corrected chi connectivity index (χ0v) is 22.8. The monoisotopic (exact) mass is 599 g/mol. The number of nitrogens with one attached hydrogen (secondary N) is 2. The van der Waals surface area contributed by atoms with E-state index < -0.39 is 28.0 Å². The molecule has 4 rings (SSSR count). The summed E-state index contributed by atoms with van der Waals surface area (Å²) in [4.78, 5) is 25.9. The van der Waals surface area contributed by atoms with Gasteiger partial charge in [0, 0.05) is 17.3 Å². The second kappa shape index (κ2) is 10.3. The Balaban J connectivity index is 1.52. The Morgan fingerprint density at radius 1 is 0.917 bits per heavy atom. The molecule has 36 heavy (non-hydrogen) atoms. The van der Waals surface area contributed by atoms with E-state index in [1.807, 2.05) is 6.07 Å². The molecule has 2 N–H and O–H groups in total. The summed E-state index contributed by atoms with van der Waals surface area (Å²) >= 11 is 37.4. The van der Waals surface area contributed by atoms with Crippen LogP contribution in [0.25, 0.3) is 0 Å². The standard InChI is InChI=1S/C25H15Cl6N3O2/c1-11-6-12(10-32)2-5-19(11)34-23(35)15-9-14(3-4-16(15)26)33-24(36)21-20(25(21,30)31)13-7-17(27)22(29)18(28)8-13/h2-9,20-21H,1H3,(H,33,36)(H,34,35). The molecule has 1 aliphatic rings. The van der Waals surface area contributed by atoms with Crippen LogP contribution in [0.4, 0.5) is 11.4 Å². The topological polar surface area (TPSA) is 82.0 Å². The summed E-state index contributed by atoms with van der Waals surface area (Å²) in [7, 11) is 0. The van der Waals surface area contributed by atoms with E-state index >= 15 is 0 Å². The van der Waals surface area contributed by atoms with E-state index in [0.29, 0.717) is 28.1 Å². The Kier molecular flexibility index (Phi) is 7.69. The van der Waals surface area contributed by atoms with Gasteiger partial charge in [-0.15, -0.1) is 23.2 Å². The van der Waals surface area contributed by atoms with Crippen LogP contribution in [-0.2, 0) is 4.79 Å². The van der Waals surface area contributed by atoms with Crippen molar-refractivity contribution >= 4 is 92.8 Å². The summed E-state index contributed by atoms with van der Waals surface area (Å²) in [6.07, 6.45) is 0. The van der Waals surface area contributed by atoms with Crippen LogP contribution in [-0.4, -0.2) is 16.1 Å². The van der Waals surface area contributed by atoms with Crippen LogP contribution < -0.4 is 10.6 Å². The predicted octanol–water partition coefficient (Wildman–Crippen LogP) is 8.26. The van der Waals surface area contributed by atoms with E-state index in [2.05, 4.69) is 10.6 Å². The van der Waals surface area contributed by atoms with Crippen molar-refractivity contribution < 1.29 is 9.59 Å². The average Bonchev–Trinajstić information content (AvgIpc) is 3.41. The summed E-state index contributed by atoms with van der Waals surface area (Å²) < 4.78 is -1.38. The number of carbonyl (C=O) groups is 2. The van der Waals surface area contributed by atoms with E-state index in [9.17, 15) is 9.59 Å². The lowest BCUT2D eigenvalue weighted by atomic mass is 10.1. The quantitative estimate of drug-likeness (QED) is 0.228. The summed E-state index contributed by atoms with van der Waals surface area (Å²) in [6, 6.07) is 14.6. The number of halogens is 6. The minimum absolute atomic E-state index is 0.143. The predicted molar refractivity (Wildman–Crippen MR) is 146 cm³/mol. The third-order valence-electron chi connectivity index (χ3n) is 5.78. The van der Waals surface area contributed by atoms with Gasteiger partial charge in [-0.25, -0.2) is 0 Å². The van der Waals surface area contributed by atoms with E-state index in [0.717, 1.165) is 0 Å². The molecule has 184 valence electrons. The Labute approximate surface area is 237 Å². The van der Waals surface area contributed by atoms with Crippen molar-refractivity contribution in [2.24, 2.45) is 5.92 Å². The minimum atomic E-state index is -1.38. The zero-order chi connectivity index (χ0) is 26.4. The normalized spacial score (nSPS) is 17.7. The lowest BCUT2D eigenvalue weighted by Crippen LogP contribution is -2.18. The molecular formula is C25H15Cl6N3O2. The Hall–Kier alpha value is -2.17. The van der Waals surface area contributed by atoms with Crippen LogP contribution in [0.3, 0.4) is 0 Å². The van der Waals surface area contributed by atoms with Crippen LogP contribution in [0.5, 0.6) is 0 Å². The van der Waals surface area contributed by atoms with Crippen molar-refractivity contribution in [1.29, 1.82) is 5.26 Å². The molecule has 1 fully saturated rings. The van der Waals surface area contributed by atoms with Gasteiger partial charge in [-0.1, -0.05) is 46.4 Å². The van der Waals surface area contributed by atoms with Gasteiger partial charge in [0.2, 0.25) is 5.91 Å². The first-order chi connectivity index (χ1) is 16.9. The molecular weight excluding hydrogens is 587 g/mol. The first-order valence-electron chi connectivity index (χ1n) is 10.4. The largest absolute Gasteiger partial charge is 0.326 e. The van der Waals surface area contributed by atoms with Crippen LogP contribution in [0.15, 0.2) is 48.5 Å². The highest BCUT2D eigenvalue weighted by molar-refractivity contribution is 6.54. The van der Waals surface area contributed by atoms with Crippen molar-refractivity contribution in [3.05, 3.63) is 90.9 Å². The maximum atomic E-state index is 13.0. The number of rotatable bonds is 5. The Bertz CT molecular complexity index is 1430. The maximum Gasteiger partial charge on any atom is 0.257 e. The fourth-order valence-corrected chi connectivity index (χ4v) is 5.53. The third-order valence-corrected chi connectivity index (χ3v) is 8.25. The third kappa shape index (κ3) is 5.26. The van der Waals surface area contributed by atoms with Crippen LogP contribution >= 0.6 is 69.6 Å². The number of anilines is 2. The fraction of sp³-hybridized carbons (Fsp3) is 0.160.